The first-order valence-electron chi connectivity index (χ1n) is 21.3. The number of unbranched alkanes of at least 4 members (excludes halogenated alkanes) is 1. The fourth-order valence-electron chi connectivity index (χ4n) is 5.70. The maximum absolute atomic E-state index is 12.7. The Morgan fingerprint density at radius 1 is 0.909 bits per heavy atom. The van der Waals surface area contributed by atoms with Crippen molar-refractivity contribution in [3.63, 3.8) is 0 Å². The molecule has 1 saturated heterocycles. The van der Waals surface area contributed by atoms with Crippen LogP contribution in [-0.2, 0) is 0 Å². The minimum Gasteiger partial charge on any atom is -0.490 e. The van der Waals surface area contributed by atoms with Gasteiger partial charge in [-0.1, -0.05) is 128 Å². The lowest BCUT2D eigenvalue weighted by molar-refractivity contribution is 0.111. The molecule has 306 valence electrons. The summed E-state index contributed by atoms with van der Waals surface area (Å²) in [6.45, 7) is 25.0. The molecule has 1 saturated carbocycles. The Labute approximate surface area is 336 Å². The van der Waals surface area contributed by atoms with Crippen LogP contribution in [-0.4, -0.2) is 59.1 Å². The molecule has 1 aliphatic carbocycles. The van der Waals surface area contributed by atoms with Crippen molar-refractivity contribution in [1.82, 2.24) is 20.1 Å². The van der Waals surface area contributed by atoms with E-state index < -0.39 is 0 Å². The van der Waals surface area contributed by atoms with Crippen LogP contribution in [0.1, 0.15) is 132 Å². The third-order valence-corrected chi connectivity index (χ3v) is 8.91. The lowest BCUT2D eigenvalue weighted by atomic mass is 10.0. The van der Waals surface area contributed by atoms with Crippen molar-refractivity contribution in [1.29, 1.82) is 0 Å². The van der Waals surface area contributed by atoms with Gasteiger partial charge < -0.3 is 24.6 Å². The number of pyridine rings is 1. The number of rotatable bonds is 14. The number of ether oxygens (including phenoxy) is 2. The number of nitrogens with one attached hydrogen (secondary N) is 1. The maximum Gasteiger partial charge on any atom is 0.317 e. The van der Waals surface area contributed by atoms with Gasteiger partial charge in [0.05, 0.1) is 0 Å². The number of carbonyl (C=O) groups is 1. The summed E-state index contributed by atoms with van der Waals surface area (Å²) >= 11 is 0. The van der Waals surface area contributed by atoms with E-state index in [9.17, 15) is 4.79 Å². The molecular formula is C48H76N4O3. The summed E-state index contributed by atoms with van der Waals surface area (Å²) in [7, 11) is 0. The van der Waals surface area contributed by atoms with E-state index in [-0.39, 0.29) is 18.2 Å². The number of likely N-dealkylation sites (tertiary alicyclic amines) is 1. The minimum atomic E-state index is 0.0395. The van der Waals surface area contributed by atoms with E-state index in [1.54, 1.807) is 6.20 Å². The Balaban J connectivity index is 0.000000550. The highest BCUT2D eigenvalue weighted by molar-refractivity contribution is 5.75. The first-order chi connectivity index (χ1) is 26.8. The number of allylic oxidation sites excluding steroid dienone is 3. The summed E-state index contributed by atoms with van der Waals surface area (Å²) in [5, 5.41) is 3.19. The van der Waals surface area contributed by atoms with Gasteiger partial charge in [-0.2, -0.15) is 0 Å². The average Bonchev–Trinajstić information content (AvgIpc) is 4.00. The van der Waals surface area contributed by atoms with Gasteiger partial charge in [0.15, 0.2) is 0 Å². The summed E-state index contributed by atoms with van der Waals surface area (Å²) in [6, 6.07) is 23.9. The van der Waals surface area contributed by atoms with Gasteiger partial charge in [-0.05, 0) is 75.9 Å². The molecular weight excluding hydrogens is 681 g/mol. The van der Waals surface area contributed by atoms with Crippen molar-refractivity contribution in [3.8, 4) is 17.4 Å². The number of carbonyl (C=O) groups excluding carboxylic acids is 1. The van der Waals surface area contributed by atoms with Gasteiger partial charge >= 0.3 is 6.03 Å². The second kappa shape index (κ2) is 31.0. The first-order valence-corrected chi connectivity index (χ1v) is 21.3. The highest BCUT2D eigenvalue weighted by Crippen LogP contribution is 2.40. The van der Waals surface area contributed by atoms with E-state index in [0.29, 0.717) is 30.6 Å². The van der Waals surface area contributed by atoms with Gasteiger partial charge in [0.2, 0.25) is 5.88 Å². The predicted molar refractivity (Wildman–Crippen MR) is 235 cm³/mol. The van der Waals surface area contributed by atoms with Gasteiger partial charge in [-0.25, -0.2) is 9.78 Å². The summed E-state index contributed by atoms with van der Waals surface area (Å²) in [6.07, 6.45) is 19.5. The Morgan fingerprint density at radius 3 is 2.15 bits per heavy atom. The Bertz CT molecular complexity index is 1400. The standard InChI is InChI=1S/C26H27N3O3.C13H27N.C4H8.C3H8.C2H6/c30-26(28-24-18-23(24)19-7-2-1-3-8-19)29-15-12-20(13-16-29)31-21-9-6-10-22(17-21)32-25-11-4-5-14-27-25;1-5-8-9-13(4)10-12-14(7-3)11-6-2;1-3-4-2;1-3-2;1-2/h1-11,14,17,20,23-24H,12-13,15-16,18H2,(H,28,30);10,12-13H,5-9,11H2,1-4H3;3-4H,1-2H3;3H2,1-2H3;1-2H3/b;12-10+;4-3-;;. The third-order valence-electron chi connectivity index (χ3n) is 8.91. The number of hydrogen-bond acceptors (Lipinski definition) is 5. The Kier molecular flexibility index (Phi) is 27.5. The molecule has 0 spiro atoms. The molecule has 3 aromatic rings. The van der Waals surface area contributed by atoms with Crippen molar-refractivity contribution in [2.24, 2.45) is 5.92 Å². The SMILES string of the molecule is C/C=C\C.CC.CCC.CCCCC(C)/C=C/N(CC)CCC.O=C(NC1CC1c1ccccc1)N1CCC(Oc2cccc(Oc3ccccn3)c2)CC1. The minimum absolute atomic E-state index is 0.0395. The van der Waals surface area contributed by atoms with Crippen LogP contribution in [0.15, 0.2) is 103 Å². The normalized spacial score (nSPS) is 16.4. The van der Waals surface area contributed by atoms with Crippen LogP contribution >= 0.6 is 0 Å². The highest BCUT2D eigenvalue weighted by Gasteiger charge is 2.40. The molecule has 0 bridgehead atoms. The molecule has 7 nitrogen and oxygen atoms in total. The predicted octanol–water partition coefficient (Wildman–Crippen LogP) is 13.1. The summed E-state index contributed by atoms with van der Waals surface area (Å²) in [4.78, 5) is 21.1. The zero-order valence-electron chi connectivity index (χ0n) is 36.2. The van der Waals surface area contributed by atoms with Crippen molar-refractivity contribution in [2.45, 2.75) is 139 Å². The lowest BCUT2D eigenvalue weighted by Gasteiger charge is -2.32. The van der Waals surface area contributed by atoms with E-state index in [2.05, 4.69) is 93.3 Å². The van der Waals surface area contributed by atoms with Gasteiger partial charge in [0.1, 0.15) is 17.6 Å². The van der Waals surface area contributed by atoms with Gasteiger partial charge in [-0.15, -0.1) is 0 Å². The van der Waals surface area contributed by atoms with Crippen molar-refractivity contribution < 1.29 is 14.3 Å². The largest absolute Gasteiger partial charge is 0.490 e. The molecule has 1 aromatic heterocycles. The molecule has 0 radical (unpaired) electrons. The number of amides is 2. The van der Waals surface area contributed by atoms with Crippen LogP contribution in [0.4, 0.5) is 4.79 Å². The fourth-order valence-corrected chi connectivity index (χ4v) is 5.70. The van der Waals surface area contributed by atoms with Gasteiger partial charge in [0, 0.05) is 69.3 Å². The molecule has 2 heterocycles. The Morgan fingerprint density at radius 2 is 1.56 bits per heavy atom. The molecule has 55 heavy (non-hydrogen) atoms. The molecule has 2 aliphatic rings. The second-order valence-electron chi connectivity index (χ2n) is 13.8. The summed E-state index contributed by atoms with van der Waals surface area (Å²) < 4.78 is 12.0. The number of nitrogens with zero attached hydrogens (tertiary/aromatic N) is 3. The second-order valence-corrected chi connectivity index (χ2v) is 13.8. The molecule has 2 aromatic carbocycles. The van der Waals surface area contributed by atoms with Crippen LogP contribution in [0.25, 0.3) is 0 Å². The lowest BCUT2D eigenvalue weighted by Crippen LogP contribution is -2.47. The molecule has 1 N–H and O–H groups in total. The smallest absolute Gasteiger partial charge is 0.317 e. The number of urea groups is 1. The van der Waals surface area contributed by atoms with E-state index in [1.807, 2.05) is 93.3 Å². The maximum atomic E-state index is 12.7. The number of aromatic nitrogens is 1. The quantitative estimate of drug-likeness (QED) is 0.166. The van der Waals surface area contributed by atoms with Gasteiger partial charge in [-0.3, -0.25) is 0 Å². The first kappa shape index (κ1) is 48.8. The topological polar surface area (TPSA) is 66.9 Å². The van der Waals surface area contributed by atoms with E-state index in [4.69, 9.17) is 9.47 Å². The van der Waals surface area contributed by atoms with Crippen molar-refractivity contribution >= 4 is 6.03 Å². The highest BCUT2D eigenvalue weighted by atomic mass is 16.5. The number of benzene rings is 2. The van der Waals surface area contributed by atoms with E-state index in [1.165, 1.54) is 44.2 Å². The zero-order chi connectivity index (χ0) is 40.7. The average molecular weight is 757 g/mol. The zero-order valence-corrected chi connectivity index (χ0v) is 36.2. The van der Waals surface area contributed by atoms with Crippen LogP contribution in [0.3, 0.4) is 0 Å². The van der Waals surface area contributed by atoms with Crippen molar-refractivity contribution in [3.05, 3.63) is 109 Å². The van der Waals surface area contributed by atoms with Crippen LogP contribution < -0.4 is 14.8 Å². The monoisotopic (exact) mass is 757 g/mol. The molecule has 2 amide bonds. The summed E-state index contributed by atoms with van der Waals surface area (Å²) in [5.41, 5.74) is 1.30. The molecule has 3 atom stereocenters. The molecule has 5 rings (SSSR count). The van der Waals surface area contributed by atoms with Crippen LogP contribution in [0, 0.1) is 5.92 Å². The van der Waals surface area contributed by atoms with E-state index >= 15 is 0 Å². The number of piperidine rings is 1. The van der Waals surface area contributed by atoms with E-state index in [0.717, 1.165) is 37.5 Å². The molecule has 7 heteroatoms. The van der Waals surface area contributed by atoms with Crippen LogP contribution in [0.5, 0.6) is 17.4 Å². The number of hydrogen-bond donors (Lipinski definition) is 1. The Hall–Kier alpha value is -4.26. The molecule has 3 unspecified atom stereocenters. The summed E-state index contributed by atoms with van der Waals surface area (Å²) in [5.74, 6) is 3.19. The van der Waals surface area contributed by atoms with Crippen molar-refractivity contribution in [2.75, 3.05) is 26.2 Å². The fraction of sp³-hybridized carbons (Fsp3) is 0.542. The third kappa shape index (κ3) is 21.4. The van der Waals surface area contributed by atoms with Gasteiger partial charge in [0.25, 0.3) is 0 Å². The molecule has 1 aliphatic heterocycles. The molecule has 2 fully saturated rings. The van der Waals surface area contributed by atoms with Crippen LogP contribution in [0.2, 0.25) is 0 Å².